The largest absolute Gasteiger partial charge is 0.378 e. The molecule has 30 heavy (non-hydrogen) atoms. The molecule has 4 aromatic rings. The van der Waals surface area contributed by atoms with Gasteiger partial charge in [-0.05, 0) is 37.6 Å². The third kappa shape index (κ3) is 3.50. The molecule has 8 nitrogen and oxygen atoms in total. The Kier molecular flexibility index (Phi) is 4.84. The lowest BCUT2D eigenvalue weighted by atomic mass is 9.96. The number of anilines is 3. The average Bonchev–Trinajstić information content (AvgIpc) is 3.44. The Morgan fingerprint density at radius 1 is 1.20 bits per heavy atom. The predicted molar refractivity (Wildman–Crippen MR) is 119 cm³/mol. The summed E-state index contributed by atoms with van der Waals surface area (Å²) < 4.78 is 1.88. The van der Waals surface area contributed by atoms with E-state index in [2.05, 4.69) is 61.2 Å². The summed E-state index contributed by atoms with van der Waals surface area (Å²) in [6.07, 6.45) is 7.85. The van der Waals surface area contributed by atoms with Crippen LogP contribution in [0.3, 0.4) is 0 Å². The van der Waals surface area contributed by atoms with Crippen LogP contribution in [-0.2, 0) is 0 Å². The van der Waals surface area contributed by atoms with Crippen LogP contribution in [0.2, 0.25) is 0 Å². The third-order valence-electron chi connectivity index (χ3n) is 5.65. The Morgan fingerprint density at radius 2 is 2.13 bits per heavy atom. The quantitative estimate of drug-likeness (QED) is 0.474. The molecule has 3 N–H and O–H groups in total. The normalized spacial score (nSPS) is 16.7. The highest BCUT2D eigenvalue weighted by molar-refractivity contribution is 5.78. The number of H-pyrrole nitrogens is 1. The summed E-state index contributed by atoms with van der Waals surface area (Å²) in [4.78, 5) is 7.13. The molecule has 1 fully saturated rings. The number of nitrogens with one attached hydrogen (secondary N) is 3. The Balaban J connectivity index is 1.61. The van der Waals surface area contributed by atoms with Gasteiger partial charge in [-0.3, -0.25) is 5.10 Å². The molecule has 1 unspecified atom stereocenters. The molecule has 3 aromatic heterocycles. The van der Waals surface area contributed by atoms with Gasteiger partial charge in [0.05, 0.1) is 18.1 Å². The van der Waals surface area contributed by atoms with E-state index < -0.39 is 0 Å². The minimum Gasteiger partial charge on any atom is -0.378 e. The molecule has 0 radical (unpaired) electrons. The van der Waals surface area contributed by atoms with Crippen LogP contribution >= 0.6 is 0 Å². The summed E-state index contributed by atoms with van der Waals surface area (Å²) in [5.41, 5.74) is 6.04. The number of hydrogen-bond donors (Lipinski definition) is 3. The highest BCUT2D eigenvalue weighted by atomic mass is 15.3. The van der Waals surface area contributed by atoms with Crippen LogP contribution in [0.4, 0.5) is 17.2 Å². The second kappa shape index (κ2) is 7.79. The summed E-state index contributed by atoms with van der Waals surface area (Å²) in [6, 6.07) is 10.5. The number of nitrogens with zero attached hydrogens (tertiary/aromatic N) is 5. The molecule has 5 rings (SSSR count). The van der Waals surface area contributed by atoms with Crippen molar-refractivity contribution >= 4 is 22.8 Å². The van der Waals surface area contributed by atoms with Crippen molar-refractivity contribution in [3.05, 3.63) is 54.6 Å². The number of piperidine rings is 1. The van der Waals surface area contributed by atoms with Crippen LogP contribution in [0.5, 0.6) is 0 Å². The van der Waals surface area contributed by atoms with Crippen LogP contribution in [0.25, 0.3) is 16.8 Å². The van der Waals surface area contributed by atoms with Gasteiger partial charge in [-0.2, -0.15) is 14.7 Å². The summed E-state index contributed by atoms with van der Waals surface area (Å²) in [5, 5.41) is 18.7. The molecule has 1 atom stereocenters. The Morgan fingerprint density at radius 3 is 2.90 bits per heavy atom. The Hall–Kier alpha value is -3.39. The summed E-state index contributed by atoms with van der Waals surface area (Å²) in [6.45, 7) is 2.03. The van der Waals surface area contributed by atoms with E-state index in [0.29, 0.717) is 5.92 Å². The second-order valence-electron chi connectivity index (χ2n) is 7.96. The summed E-state index contributed by atoms with van der Waals surface area (Å²) >= 11 is 0. The van der Waals surface area contributed by atoms with Crippen LogP contribution in [-0.4, -0.2) is 52.0 Å². The van der Waals surface area contributed by atoms with Gasteiger partial charge in [0.1, 0.15) is 5.82 Å². The van der Waals surface area contributed by atoms with Crippen LogP contribution < -0.4 is 15.5 Å². The molecular weight excluding hydrogens is 376 g/mol. The molecule has 0 bridgehead atoms. The van der Waals surface area contributed by atoms with Crippen LogP contribution in [0.1, 0.15) is 24.5 Å². The van der Waals surface area contributed by atoms with Crippen LogP contribution in [0, 0.1) is 0 Å². The predicted octanol–water partition coefficient (Wildman–Crippen LogP) is 3.40. The second-order valence-corrected chi connectivity index (χ2v) is 7.96. The molecule has 4 heterocycles. The Labute approximate surface area is 175 Å². The molecule has 1 saturated heterocycles. The number of aromatic nitrogens is 5. The average molecular weight is 403 g/mol. The Bertz CT molecular complexity index is 1140. The van der Waals surface area contributed by atoms with Gasteiger partial charge in [0.15, 0.2) is 5.65 Å². The standard InChI is InChI=1S/C22H26N8/c1-29(2)18-7-3-6-17(9-18)27-21-10-20(15-5-4-8-23-11-15)28-22-19(14-26-30(21)22)16-12-24-25-13-16/h3,6-7,9-10,12-15,23,27H,4-5,8,11H2,1-2H3,(H,24,25). The molecular formula is C22H26N8. The monoisotopic (exact) mass is 402 g/mol. The third-order valence-corrected chi connectivity index (χ3v) is 5.65. The number of aromatic amines is 1. The van der Waals surface area contributed by atoms with Gasteiger partial charge < -0.3 is 15.5 Å². The van der Waals surface area contributed by atoms with E-state index in [0.717, 1.165) is 59.2 Å². The lowest BCUT2D eigenvalue weighted by molar-refractivity contribution is 0.455. The fourth-order valence-electron chi connectivity index (χ4n) is 4.00. The van der Waals surface area contributed by atoms with E-state index in [-0.39, 0.29) is 0 Å². The van der Waals surface area contributed by atoms with Gasteiger partial charge in [0, 0.05) is 61.3 Å². The molecule has 0 aliphatic carbocycles. The maximum Gasteiger partial charge on any atom is 0.165 e. The van der Waals surface area contributed by atoms with E-state index in [9.17, 15) is 0 Å². The van der Waals surface area contributed by atoms with Gasteiger partial charge in [-0.15, -0.1) is 0 Å². The summed E-state index contributed by atoms with van der Waals surface area (Å²) in [5.74, 6) is 1.30. The number of hydrogen-bond acceptors (Lipinski definition) is 6. The van der Waals surface area contributed by atoms with Gasteiger partial charge in [-0.1, -0.05) is 6.07 Å². The minimum absolute atomic E-state index is 0.393. The number of rotatable bonds is 5. The fraction of sp³-hybridized carbons (Fsp3) is 0.318. The SMILES string of the molecule is CN(C)c1cccc(Nc2cc(C3CCCNC3)nc3c(-c4cn[nH]c4)cnn23)c1. The zero-order chi connectivity index (χ0) is 20.5. The van der Waals surface area contributed by atoms with E-state index in [4.69, 9.17) is 4.98 Å². The highest BCUT2D eigenvalue weighted by Crippen LogP contribution is 2.31. The van der Waals surface area contributed by atoms with Gasteiger partial charge in [-0.25, -0.2) is 4.98 Å². The lowest BCUT2D eigenvalue weighted by Gasteiger charge is -2.23. The van der Waals surface area contributed by atoms with Crippen molar-refractivity contribution in [2.24, 2.45) is 0 Å². The smallest absolute Gasteiger partial charge is 0.165 e. The van der Waals surface area contributed by atoms with E-state index in [1.807, 2.05) is 31.0 Å². The van der Waals surface area contributed by atoms with Gasteiger partial charge >= 0.3 is 0 Å². The zero-order valence-electron chi connectivity index (χ0n) is 17.3. The van der Waals surface area contributed by atoms with Crippen molar-refractivity contribution < 1.29 is 0 Å². The summed E-state index contributed by atoms with van der Waals surface area (Å²) in [7, 11) is 4.09. The van der Waals surface area contributed by atoms with Crippen molar-refractivity contribution in [2.45, 2.75) is 18.8 Å². The first-order valence-corrected chi connectivity index (χ1v) is 10.3. The fourth-order valence-corrected chi connectivity index (χ4v) is 4.00. The molecule has 0 amide bonds. The topological polar surface area (TPSA) is 86.2 Å². The van der Waals surface area contributed by atoms with Gasteiger partial charge in [0.25, 0.3) is 0 Å². The first-order chi connectivity index (χ1) is 14.7. The van der Waals surface area contributed by atoms with Crippen molar-refractivity contribution in [2.75, 3.05) is 37.4 Å². The minimum atomic E-state index is 0.393. The van der Waals surface area contributed by atoms with Crippen molar-refractivity contribution in [3.8, 4) is 11.1 Å². The number of benzene rings is 1. The van der Waals surface area contributed by atoms with Crippen molar-refractivity contribution in [1.29, 1.82) is 0 Å². The number of fused-ring (bicyclic) bond motifs is 1. The maximum atomic E-state index is 5.03. The van der Waals surface area contributed by atoms with Crippen LogP contribution in [0.15, 0.2) is 48.9 Å². The van der Waals surface area contributed by atoms with Crippen molar-refractivity contribution in [3.63, 3.8) is 0 Å². The van der Waals surface area contributed by atoms with E-state index in [1.165, 1.54) is 6.42 Å². The molecule has 8 heteroatoms. The molecule has 1 aliphatic rings. The molecule has 0 spiro atoms. The molecule has 0 saturated carbocycles. The van der Waals surface area contributed by atoms with Gasteiger partial charge in [0.2, 0.25) is 0 Å². The molecule has 1 aromatic carbocycles. The first kappa shape index (κ1) is 18.6. The van der Waals surface area contributed by atoms with Crippen molar-refractivity contribution in [1.82, 2.24) is 30.1 Å². The maximum absolute atomic E-state index is 5.03. The molecule has 154 valence electrons. The highest BCUT2D eigenvalue weighted by Gasteiger charge is 2.21. The lowest BCUT2D eigenvalue weighted by Crippen LogP contribution is -2.29. The van der Waals surface area contributed by atoms with E-state index in [1.54, 1.807) is 6.20 Å². The first-order valence-electron chi connectivity index (χ1n) is 10.3. The zero-order valence-corrected chi connectivity index (χ0v) is 17.3. The molecule has 1 aliphatic heterocycles. The van der Waals surface area contributed by atoms with E-state index >= 15 is 0 Å².